The number of hydrogen-bond acceptors (Lipinski definition) is 3. The molecule has 2 aromatic rings. The van der Waals surface area contributed by atoms with Gasteiger partial charge in [0.25, 0.3) is 0 Å². The van der Waals surface area contributed by atoms with E-state index in [4.69, 9.17) is 5.73 Å². The molecule has 5 nitrogen and oxygen atoms in total. The Balaban J connectivity index is 1.86. The summed E-state index contributed by atoms with van der Waals surface area (Å²) in [5.41, 5.74) is 10.3. The van der Waals surface area contributed by atoms with Crippen LogP contribution >= 0.6 is 0 Å². The van der Waals surface area contributed by atoms with Crippen molar-refractivity contribution in [1.29, 1.82) is 5.26 Å². The SMILES string of the molecule is Cc1ccc(Cc2c(N)cc(C#N)n2CC(=O)N2CCCC[C@H]2C)cc1. The standard InChI is InChI=1S/C21H26N4O/c1-15-6-8-17(9-7-15)11-20-19(23)12-18(13-22)25(20)14-21(26)24-10-4-3-5-16(24)2/h6-9,12,16H,3-5,10-11,14,23H2,1-2H3/t16-/m1/s1. The molecule has 5 heteroatoms. The van der Waals surface area contributed by atoms with Crippen molar-refractivity contribution in [3.05, 3.63) is 52.8 Å². The highest BCUT2D eigenvalue weighted by Crippen LogP contribution is 2.23. The fraction of sp³-hybridized carbons (Fsp3) is 0.429. The van der Waals surface area contributed by atoms with Gasteiger partial charge in [0.15, 0.2) is 0 Å². The maximum Gasteiger partial charge on any atom is 0.242 e. The predicted octanol–water partition coefficient (Wildman–Crippen LogP) is 3.24. The summed E-state index contributed by atoms with van der Waals surface area (Å²) >= 11 is 0. The number of nitrogens with two attached hydrogens (primary N) is 1. The number of piperidine rings is 1. The number of amides is 1. The van der Waals surface area contributed by atoms with E-state index < -0.39 is 0 Å². The third-order valence-electron chi connectivity index (χ3n) is 5.27. The summed E-state index contributed by atoms with van der Waals surface area (Å²) in [6, 6.07) is 12.4. The first-order valence-electron chi connectivity index (χ1n) is 9.22. The van der Waals surface area contributed by atoms with Crippen LogP contribution in [0.25, 0.3) is 0 Å². The number of hydrogen-bond donors (Lipinski definition) is 1. The van der Waals surface area contributed by atoms with E-state index in [9.17, 15) is 10.1 Å². The van der Waals surface area contributed by atoms with Crippen LogP contribution in [0.2, 0.25) is 0 Å². The summed E-state index contributed by atoms with van der Waals surface area (Å²) in [5.74, 6) is 0.0643. The molecule has 1 aromatic carbocycles. The van der Waals surface area contributed by atoms with Gasteiger partial charge in [-0.2, -0.15) is 5.26 Å². The summed E-state index contributed by atoms with van der Waals surface area (Å²) in [6.07, 6.45) is 3.87. The molecule has 1 saturated heterocycles. The Hall–Kier alpha value is -2.74. The Morgan fingerprint density at radius 2 is 2.04 bits per heavy atom. The molecule has 1 aliphatic heterocycles. The van der Waals surface area contributed by atoms with Crippen LogP contribution in [0, 0.1) is 18.3 Å². The van der Waals surface area contributed by atoms with Crippen molar-refractivity contribution in [2.45, 2.75) is 52.1 Å². The molecule has 0 unspecified atom stereocenters. The van der Waals surface area contributed by atoms with E-state index in [0.29, 0.717) is 17.8 Å². The van der Waals surface area contributed by atoms with Crippen molar-refractivity contribution in [3.8, 4) is 6.07 Å². The zero-order valence-corrected chi connectivity index (χ0v) is 15.5. The topological polar surface area (TPSA) is 75.0 Å². The quantitative estimate of drug-likeness (QED) is 0.920. The molecule has 1 amide bonds. The molecule has 3 rings (SSSR count). The van der Waals surface area contributed by atoms with E-state index >= 15 is 0 Å². The summed E-state index contributed by atoms with van der Waals surface area (Å²) in [5, 5.41) is 9.48. The molecule has 2 N–H and O–H groups in total. The lowest BCUT2D eigenvalue weighted by Gasteiger charge is -2.33. The maximum atomic E-state index is 12.9. The average Bonchev–Trinajstić information content (AvgIpc) is 2.92. The minimum Gasteiger partial charge on any atom is -0.397 e. The Labute approximate surface area is 155 Å². The van der Waals surface area contributed by atoms with Crippen molar-refractivity contribution in [1.82, 2.24) is 9.47 Å². The first-order valence-corrected chi connectivity index (χ1v) is 9.22. The monoisotopic (exact) mass is 350 g/mol. The lowest BCUT2D eigenvalue weighted by molar-refractivity contribution is -0.135. The van der Waals surface area contributed by atoms with E-state index in [-0.39, 0.29) is 18.5 Å². The Morgan fingerprint density at radius 3 is 2.69 bits per heavy atom. The van der Waals surface area contributed by atoms with Crippen LogP contribution < -0.4 is 5.73 Å². The molecule has 0 saturated carbocycles. The number of nitriles is 1. The largest absolute Gasteiger partial charge is 0.397 e. The molecule has 26 heavy (non-hydrogen) atoms. The van der Waals surface area contributed by atoms with Crippen LogP contribution in [-0.2, 0) is 17.8 Å². The number of carbonyl (C=O) groups excluding carboxylic acids is 1. The summed E-state index contributed by atoms with van der Waals surface area (Å²) in [4.78, 5) is 14.8. The average molecular weight is 350 g/mol. The number of nitrogen functional groups attached to an aromatic ring is 1. The molecule has 2 heterocycles. The number of benzene rings is 1. The number of anilines is 1. The molecule has 0 radical (unpaired) electrons. The van der Waals surface area contributed by atoms with Gasteiger partial charge in [0.05, 0.1) is 5.69 Å². The summed E-state index contributed by atoms with van der Waals surface area (Å²) in [6.45, 7) is 5.12. The first-order chi connectivity index (χ1) is 12.5. The third kappa shape index (κ3) is 3.75. The highest BCUT2D eigenvalue weighted by molar-refractivity contribution is 5.77. The van der Waals surface area contributed by atoms with E-state index in [1.165, 1.54) is 12.0 Å². The van der Waals surface area contributed by atoms with Crippen LogP contribution in [0.5, 0.6) is 0 Å². The van der Waals surface area contributed by atoms with Crippen LogP contribution in [0.4, 0.5) is 5.69 Å². The molecule has 0 bridgehead atoms. The molecule has 0 aliphatic carbocycles. The summed E-state index contributed by atoms with van der Waals surface area (Å²) in [7, 11) is 0. The molecule has 1 aromatic heterocycles. The van der Waals surface area contributed by atoms with Gasteiger partial charge in [-0.3, -0.25) is 4.79 Å². The zero-order valence-electron chi connectivity index (χ0n) is 15.5. The van der Waals surface area contributed by atoms with Crippen molar-refractivity contribution in [3.63, 3.8) is 0 Å². The second kappa shape index (κ2) is 7.65. The number of likely N-dealkylation sites (tertiary alicyclic amines) is 1. The molecule has 136 valence electrons. The number of nitrogens with zero attached hydrogens (tertiary/aromatic N) is 3. The van der Waals surface area contributed by atoms with Gasteiger partial charge in [0.2, 0.25) is 5.91 Å². The molecule has 1 atom stereocenters. The maximum absolute atomic E-state index is 12.9. The highest BCUT2D eigenvalue weighted by Gasteiger charge is 2.25. The van der Waals surface area contributed by atoms with Gasteiger partial charge in [0, 0.05) is 24.7 Å². The van der Waals surface area contributed by atoms with E-state index in [1.54, 1.807) is 10.6 Å². The van der Waals surface area contributed by atoms with Gasteiger partial charge in [-0.05, 0) is 44.7 Å². The summed E-state index contributed by atoms with van der Waals surface area (Å²) < 4.78 is 1.79. The molecule has 1 aliphatic rings. The number of aromatic nitrogens is 1. The van der Waals surface area contributed by atoms with Gasteiger partial charge < -0.3 is 15.2 Å². The van der Waals surface area contributed by atoms with Gasteiger partial charge in [-0.15, -0.1) is 0 Å². The third-order valence-corrected chi connectivity index (χ3v) is 5.27. The van der Waals surface area contributed by atoms with E-state index in [0.717, 1.165) is 30.6 Å². The lowest BCUT2D eigenvalue weighted by Crippen LogP contribution is -2.43. The fourth-order valence-corrected chi connectivity index (χ4v) is 3.67. The fourth-order valence-electron chi connectivity index (χ4n) is 3.67. The van der Waals surface area contributed by atoms with Gasteiger partial charge in [-0.25, -0.2) is 0 Å². The van der Waals surface area contributed by atoms with Gasteiger partial charge in [0.1, 0.15) is 18.3 Å². The Kier molecular flexibility index (Phi) is 5.32. The number of rotatable bonds is 4. The molecule has 1 fully saturated rings. The predicted molar refractivity (Wildman–Crippen MR) is 103 cm³/mol. The van der Waals surface area contributed by atoms with Crippen LogP contribution in [0.3, 0.4) is 0 Å². The smallest absolute Gasteiger partial charge is 0.242 e. The van der Waals surface area contributed by atoms with Crippen molar-refractivity contribution in [2.75, 3.05) is 12.3 Å². The van der Waals surface area contributed by atoms with Gasteiger partial charge in [-0.1, -0.05) is 29.8 Å². The molecular formula is C21H26N4O. The van der Waals surface area contributed by atoms with Crippen LogP contribution in [-0.4, -0.2) is 28.0 Å². The minimum absolute atomic E-state index is 0.0643. The van der Waals surface area contributed by atoms with Crippen LogP contribution in [0.1, 0.15) is 48.7 Å². The normalized spacial score (nSPS) is 17.1. The molecular weight excluding hydrogens is 324 g/mol. The number of carbonyl (C=O) groups is 1. The first kappa shape index (κ1) is 18.1. The van der Waals surface area contributed by atoms with Crippen molar-refractivity contribution >= 4 is 11.6 Å². The van der Waals surface area contributed by atoms with Crippen LogP contribution in [0.15, 0.2) is 30.3 Å². The zero-order chi connectivity index (χ0) is 18.7. The minimum atomic E-state index is 0.0643. The second-order valence-corrected chi connectivity index (χ2v) is 7.22. The van der Waals surface area contributed by atoms with E-state index in [1.807, 2.05) is 11.8 Å². The highest BCUT2D eigenvalue weighted by atomic mass is 16.2. The lowest BCUT2D eigenvalue weighted by atomic mass is 10.0. The van der Waals surface area contributed by atoms with Crippen molar-refractivity contribution in [2.24, 2.45) is 0 Å². The van der Waals surface area contributed by atoms with Gasteiger partial charge >= 0.3 is 0 Å². The van der Waals surface area contributed by atoms with Crippen molar-refractivity contribution < 1.29 is 4.79 Å². The Bertz CT molecular complexity index is 829. The number of aryl methyl sites for hydroxylation is 1. The van der Waals surface area contributed by atoms with E-state index in [2.05, 4.69) is 37.3 Å². The molecule has 0 spiro atoms. The second-order valence-electron chi connectivity index (χ2n) is 7.22. The Morgan fingerprint density at radius 1 is 1.31 bits per heavy atom.